The lowest BCUT2D eigenvalue weighted by Crippen LogP contribution is -2.19. The van der Waals surface area contributed by atoms with E-state index in [0.29, 0.717) is 29.6 Å². The van der Waals surface area contributed by atoms with Gasteiger partial charge >= 0.3 is 0 Å². The lowest BCUT2D eigenvalue weighted by molar-refractivity contribution is -0.120. The van der Waals surface area contributed by atoms with E-state index >= 15 is 0 Å². The molecule has 0 aliphatic rings. The third-order valence-electron chi connectivity index (χ3n) is 2.53. The Balaban J connectivity index is 2.31. The quantitative estimate of drug-likeness (QED) is 0.812. The molecule has 1 heterocycles. The van der Waals surface area contributed by atoms with Crippen molar-refractivity contribution >= 4 is 16.8 Å². The molecule has 0 bridgehead atoms. The Morgan fingerprint density at radius 1 is 1.41 bits per heavy atom. The summed E-state index contributed by atoms with van der Waals surface area (Å²) in [6.07, 6.45) is 0.748. The van der Waals surface area contributed by atoms with Crippen LogP contribution in [0.4, 0.5) is 0 Å². The van der Waals surface area contributed by atoms with E-state index in [4.69, 9.17) is 0 Å². The Labute approximate surface area is 97.9 Å². The van der Waals surface area contributed by atoms with Crippen molar-refractivity contribution in [1.82, 2.24) is 15.3 Å². The Bertz CT molecular complexity index is 604. The summed E-state index contributed by atoms with van der Waals surface area (Å²) in [4.78, 5) is 29.8. The first-order valence-corrected chi connectivity index (χ1v) is 5.39. The molecule has 5 nitrogen and oxygen atoms in total. The van der Waals surface area contributed by atoms with E-state index in [1.54, 1.807) is 25.2 Å². The van der Waals surface area contributed by atoms with Gasteiger partial charge in [0, 0.05) is 19.9 Å². The zero-order valence-electron chi connectivity index (χ0n) is 9.49. The van der Waals surface area contributed by atoms with Crippen molar-refractivity contribution in [3.8, 4) is 0 Å². The average molecular weight is 231 g/mol. The summed E-state index contributed by atoms with van der Waals surface area (Å²) in [7, 11) is 1.58. The van der Waals surface area contributed by atoms with Crippen LogP contribution in [0.5, 0.6) is 0 Å². The highest BCUT2D eigenvalue weighted by Gasteiger charge is 2.05. The number of hydrogen-bond acceptors (Lipinski definition) is 3. The maximum atomic E-state index is 11.7. The van der Waals surface area contributed by atoms with Gasteiger partial charge in [0.15, 0.2) is 0 Å². The van der Waals surface area contributed by atoms with Crippen molar-refractivity contribution in [3.05, 3.63) is 40.4 Å². The number of rotatable bonds is 3. The van der Waals surface area contributed by atoms with Crippen molar-refractivity contribution in [3.63, 3.8) is 0 Å². The molecule has 0 radical (unpaired) electrons. The van der Waals surface area contributed by atoms with Crippen LogP contribution in [0.15, 0.2) is 29.1 Å². The molecule has 0 atom stereocenters. The Morgan fingerprint density at radius 3 is 2.94 bits per heavy atom. The van der Waals surface area contributed by atoms with Gasteiger partial charge in [0.25, 0.3) is 5.56 Å². The van der Waals surface area contributed by atoms with Crippen molar-refractivity contribution in [2.75, 3.05) is 7.05 Å². The van der Waals surface area contributed by atoms with Gasteiger partial charge in [-0.05, 0) is 12.1 Å². The molecule has 2 rings (SSSR count). The second kappa shape index (κ2) is 4.78. The SMILES string of the molecule is CNC(=O)CCc1nc2ccccc2c(=O)[nH]1. The number of aromatic amines is 1. The van der Waals surface area contributed by atoms with Crippen LogP contribution in [-0.4, -0.2) is 22.9 Å². The van der Waals surface area contributed by atoms with Crippen LogP contribution in [-0.2, 0) is 11.2 Å². The second-order valence-electron chi connectivity index (χ2n) is 3.70. The summed E-state index contributed by atoms with van der Waals surface area (Å²) in [5.41, 5.74) is 0.491. The minimum absolute atomic E-state index is 0.0687. The number of aryl methyl sites for hydroxylation is 1. The highest BCUT2D eigenvalue weighted by atomic mass is 16.1. The number of H-pyrrole nitrogens is 1. The fourth-order valence-corrected chi connectivity index (χ4v) is 1.61. The number of aromatic nitrogens is 2. The molecule has 1 aromatic carbocycles. The van der Waals surface area contributed by atoms with Gasteiger partial charge in [-0.15, -0.1) is 0 Å². The van der Waals surface area contributed by atoms with Gasteiger partial charge < -0.3 is 10.3 Å². The minimum Gasteiger partial charge on any atom is -0.359 e. The van der Waals surface area contributed by atoms with E-state index in [2.05, 4.69) is 15.3 Å². The van der Waals surface area contributed by atoms with E-state index < -0.39 is 0 Å². The summed E-state index contributed by atoms with van der Waals surface area (Å²) in [6.45, 7) is 0. The number of nitrogens with one attached hydrogen (secondary N) is 2. The molecule has 88 valence electrons. The summed E-state index contributed by atoms with van der Waals surface area (Å²) in [6, 6.07) is 7.14. The number of benzene rings is 1. The van der Waals surface area contributed by atoms with Gasteiger partial charge in [-0.25, -0.2) is 4.98 Å². The van der Waals surface area contributed by atoms with Gasteiger partial charge in [-0.3, -0.25) is 9.59 Å². The van der Waals surface area contributed by atoms with Crippen LogP contribution in [0, 0.1) is 0 Å². The zero-order valence-corrected chi connectivity index (χ0v) is 9.49. The molecule has 17 heavy (non-hydrogen) atoms. The highest BCUT2D eigenvalue weighted by Crippen LogP contribution is 2.06. The third-order valence-corrected chi connectivity index (χ3v) is 2.53. The minimum atomic E-state index is -0.164. The van der Waals surface area contributed by atoms with E-state index in [9.17, 15) is 9.59 Å². The van der Waals surface area contributed by atoms with Crippen LogP contribution in [0.2, 0.25) is 0 Å². The number of amides is 1. The average Bonchev–Trinajstić information content (AvgIpc) is 2.36. The molecular weight excluding hydrogens is 218 g/mol. The summed E-state index contributed by atoms with van der Waals surface area (Å²) in [5.74, 6) is 0.470. The number of carbonyl (C=O) groups excluding carboxylic acids is 1. The fourth-order valence-electron chi connectivity index (χ4n) is 1.61. The molecule has 1 amide bonds. The molecule has 2 aromatic rings. The zero-order chi connectivity index (χ0) is 12.3. The predicted molar refractivity (Wildman–Crippen MR) is 64.8 cm³/mol. The number of nitrogens with zero attached hydrogens (tertiary/aromatic N) is 1. The molecule has 2 N–H and O–H groups in total. The number of fused-ring (bicyclic) bond motifs is 1. The maximum absolute atomic E-state index is 11.7. The van der Waals surface area contributed by atoms with E-state index in [0.717, 1.165) is 0 Å². The smallest absolute Gasteiger partial charge is 0.258 e. The number of carbonyl (C=O) groups is 1. The monoisotopic (exact) mass is 231 g/mol. The standard InChI is InChI=1S/C12H13N3O2/c1-13-11(16)7-6-10-14-9-5-3-2-4-8(9)12(17)15-10/h2-5H,6-7H2,1H3,(H,13,16)(H,14,15,17). The molecule has 1 aromatic heterocycles. The number of para-hydroxylation sites is 1. The molecule has 0 fully saturated rings. The summed E-state index contributed by atoms with van der Waals surface area (Å²) >= 11 is 0. The molecule has 5 heteroatoms. The van der Waals surface area contributed by atoms with Crippen molar-refractivity contribution in [1.29, 1.82) is 0 Å². The molecule has 0 aliphatic heterocycles. The van der Waals surface area contributed by atoms with Gasteiger partial charge in [0.1, 0.15) is 5.82 Å². The summed E-state index contributed by atoms with van der Waals surface area (Å²) in [5, 5.41) is 3.09. The van der Waals surface area contributed by atoms with Gasteiger partial charge in [0.2, 0.25) is 5.91 Å². The maximum Gasteiger partial charge on any atom is 0.258 e. The van der Waals surface area contributed by atoms with Crippen molar-refractivity contribution < 1.29 is 4.79 Å². The second-order valence-corrected chi connectivity index (χ2v) is 3.70. The third kappa shape index (κ3) is 2.50. The van der Waals surface area contributed by atoms with Crippen LogP contribution in [0.1, 0.15) is 12.2 Å². The van der Waals surface area contributed by atoms with Crippen LogP contribution in [0.25, 0.3) is 10.9 Å². The van der Waals surface area contributed by atoms with Crippen molar-refractivity contribution in [2.24, 2.45) is 0 Å². The Morgan fingerprint density at radius 2 is 2.18 bits per heavy atom. The molecular formula is C12H13N3O2. The number of hydrogen-bond donors (Lipinski definition) is 2. The fraction of sp³-hybridized carbons (Fsp3) is 0.250. The lowest BCUT2D eigenvalue weighted by atomic mass is 10.2. The Hall–Kier alpha value is -2.17. The lowest BCUT2D eigenvalue weighted by Gasteiger charge is -2.02. The summed E-state index contributed by atoms with van der Waals surface area (Å²) < 4.78 is 0. The Kier molecular flexibility index (Phi) is 3.18. The topological polar surface area (TPSA) is 74.8 Å². The van der Waals surface area contributed by atoms with Crippen LogP contribution in [0.3, 0.4) is 0 Å². The first-order valence-electron chi connectivity index (χ1n) is 5.39. The largest absolute Gasteiger partial charge is 0.359 e. The van der Waals surface area contributed by atoms with E-state index in [1.807, 2.05) is 6.07 Å². The van der Waals surface area contributed by atoms with Gasteiger partial charge in [-0.2, -0.15) is 0 Å². The molecule has 0 saturated carbocycles. The van der Waals surface area contributed by atoms with Gasteiger partial charge in [-0.1, -0.05) is 12.1 Å². The first kappa shape index (κ1) is 11.3. The van der Waals surface area contributed by atoms with E-state index in [-0.39, 0.29) is 11.5 Å². The normalized spacial score (nSPS) is 10.4. The first-order chi connectivity index (χ1) is 8.20. The molecule has 0 unspecified atom stereocenters. The molecule has 0 saturated heterocycles. The highest BCUT2D eigenvalue weighted by molar-refractivity contribution is 5.77. The molecule has 0 aliphatic carbocycles. The predicted octanol–water partition coefficient (Wildman–Crippen LogP) is 0.602. The molecule has 0 spiro atoms. The van der Waals surface area contributed by atoms with E-state index in [1.165, 1.54) is 0 Å². The van der Waals surface area contributed by atoms with Gasteiger partial charge in [0.05, 0.1) is 10.9 Å². The van der Waals surface area contributed by atoms with Crippen LogP contribution >= 0.6 is 0 Å². The van der Waals surface area contributed by atoms with Crippen molar-refractivity contribution in [2.45, 2.75) is 12.8 Å². The van der Waals surface area contributed by atoms with Crippen LogP contribution < -0.4 is 10.9 Å².